The Balaban J connectivity index is 2.21. The zero-order valence-corrected chi connectivity index (χ0v) is 7.61. The highest BCUT2D eigenvalue weighted by molar-refractivity contribution is 5.87. The van der Waals surface area contributed by atoms with Crippen molar-refractivity contribution in [3.8, 4) is 0 Å². The molecule has 5 heteroatoms. The lowest BCUT2D eigenvalue weighted by molar-refractivity contribution is -0.268. The summed E-state index contributed by atoms with van der Waals surface area (Å²) in [5.74, 6) is -3.92. The summed E-state index contributed by atoms with van der Waals surface area (Å²) < 4.78 is 30.5. The topological polar surface area (TPSA) is 46.5 Å². The van der Waals surface area contributed by atoms with Gasteiger partial charge in [-0.15, -0.1) is 0 Å². The minimum Gasteiger partial charge on any atom is -0.478 e. The summed E-state index contributed by atoms with van der Waals surface area (Å²) in [6, 6.07) is 5.27. The molecule has 0 bridgehead atoms. The fourth-order valence-electron chi connectivity index (χ4n) is 1.43. The van der Waals surface area contributed by atoms with Crippen molar-refractivity contribution in [2.45, 2.75) is 12.0 Å². The van der Waals surface area contributed by atoms with E-state index in [0.29, 0.717) is 5.56 Å². The van der Waals surface area contributed by atoms with E-state index in [1.165, 1.54) is 24.3 Å². The number of hydrogen-bond acceptors (Lipinski definition) is 2. The summed E-state index contributed by atoms with van der Waals surface area (Å²) in [6.07, 6.45) is -1.24. The molecular formula is C10H8F2O3. The Morgan fingerprint density at radius 3 is 2.33 bits per heavy atom. The molecule has 0 aliphatic carbocycles. The van der Waals surface area contributed by atoms with Crippen molar-refractivity contribution >= 4 is 5.97 Å². The zero-order chi connectivity index (χ0) is 11.1. The quantitative estimate of drug-likeness (QED) is 0.819. The molecule has 1 saturated heterocycles. The molecule has 1 aromatic carbocycles. The standard InChI is InChI=1S/C10H8F2O3/c11-10(12)5-15-8(10)6-1-3-7(4-2-6)9(13)14/h1-4,8H,5H2,(H,13,14). The SMILES string of the molecule is O=C(O)c1ccc(C2OCC2(F)F)cc1. The van der Waals surface area contributed by atoms with Crippen LogP contribution in [0.15, 0.2) is 24.3 Å². The molecule has 2 rings (SSSR count). The normalized spacial score (nSPS) is 23.2. The lowest BCUT2D eigenvalue weighted by Gasteiger charge is -2.36. The van der Waals surface area contributed by atoms with E-state index in [0.717, 1.165) is 0 Å². The van der Waals surface area contributed by atoms with E-state index in [4.69, 9.17) is 9.84 Å². The first-order valence-electron chi connectivity index (χ1n) is 4.33. The first kappa shape index (κ1) is 10.0. The maximum atomic E-state index is 12.9. The lowest BCUT2D eigenvalue weighted by Crippen LogP contribution is -2.44. The van der Waals surface area contributed by atoms with Crippen LogP contribution >= 0.6 is 0 Å². The highest BCUT2D eigenvalue weighted by Crippen LogP contribution is 2.43. The third-order valence-electron chi connectivity index (χ3n) is 2.29. The van der Waals surface area contributed by atoms with Gasteiger partial charge < -0.3 is 9.84 Å². The fourth-order valence-corrected chi connectivity index (χ4v) is 1.43. The average Bonchev–Trinajstić information content (AvgIpc) is 2.17. The number of alkyl halides is 2. The van der Waals surface area contributed by atoms with Gasteiger partial charge in [0.25, 0.3) is 0 Å². The molecule has 1 aliphatic heterocycles. The van der Waals surface area contributed by atoms with Crippen LogP contribution in [0, 0.1) is 0 Å². The second-order valence-corrected chi connectivity index (χ2v) is 3.38. The summed E-state index contributed by atoms with van der Waals surface area (Å²) in [7, 11) is 0. The van der Waals surface area contributed by atoms with Crippen molar-refractivity contribution in [3.63, 3.8) is 0 Å². The Morgan fingerprint density at radius 2 is 2.00 bits per heavy atom. The van der Waals surface area contributed by atoms with Crippen LogP contribution in [0.4, 0.5) is 8.78 Å². The van der Waals surface area contributed by atoms with E-state index in [1.54, 1.807) is 0 Å². The Hall–Kier alpha value is -1.49. The van der Waals surface area contributed by atoms with Crippen molar-refractivity contribution in [2.75, 3.05) is 6.61 Å². The van der Waals surface area contributed by atoms with Gasteiger partial charge in [-0.1, -0.05) is 12.1 Å². The van der Waals surface area contributed by atoms with Crippen molar-refractivity contribution in [1.29, 1.82) is 0 Å². The molecule has 1 fully saturated rings. The van der Waals surface area contributed by atoms with Gasteiger partial charge in [-0.05, 0) is 17.7 Å². The van der Waals surface area contributed by atoms with Crippen molar-refractivity contribution < 1.29 is 23.4 Å². The van der Waals surface area contributed by atoms with Crippen molar-refractivity contribution in [1.82, 2.24) is 0 Å². The predicted octanol–water partition coefficient (Wildman–Crippen LogP) is 2.09. The molecule has 1 heterocycles. The first-order chi connectivity index (χ1) is 7.00. The molecule has 3 nitrogen and oxygen atoms in total. The van der Waals surface area contributed by atoms with Gasteiger partial charge in [0.2, 0.25) is 0 Å². The van der Waals surface area contributed by atoms with E-state index < -0.39 is 24.6 Å². The molecule has 1 atom stereocenters. The number of ether oxygens (including phenoxy) is 1. The van der Waals surface area contributed by atoms with Gasteiger partial charge in [0.15, 0.2) is 0 Å². The van der Waals surface area contributed by atoms with E-state index in [2.05, 4.69) is 0 Å². The molecule has 0 radical (unpaired) electrons. The highest BCUT2D eigenvalue weighted by atomic mass is 19.3. The smallest absolute Gasteiger partial charge is 0.335 e. The van der Waals surface area contributed by atoms with Crippen molar-refractivity contribution in [3.05, 3.63) is 35.4 Å². The minimum absolute atomic E-state index is 0.0707. The lowest BCUT2D eigenvalue weighted by atomic mass is 9.98. The van der Waals surface area contributed by atoms with Crippen LogP contribution < -0.4 is 0 Å². The van der Waals surface area contributed by atoms with Crippen molar-refractivity contribution in [2.24, 2.45) is 0 Å². The molecule has 0 amide bonds. The van der Waals surface area contributed by atoms with Crippen LogP contribution in [0.3, 0.4) is 0 Å². The fraction of sp³-hybridized carbons (Fsp3) is 0.300. The molecule has 15 heavy (non-hydrogen) atoms. The maximum absolute atomic E-state index is 12.9. The van der Waals surface area contributed by atoms with Gasteiger partial charge in [0.1, 0.15) is 12.7 Å². The van der Waals surface area contributed by atoms with Gasteiger partial charge in [-0.25, -0.2) is 13.6 Å². The Morgan fingerprint density at radius 1 is 1.40 bits per heavy atom. The second kappa shape index (κ2) is 3.27. The third kappa shape index (κ3) is 1.70. The van der Waals surface area contributed by atoms with E-state index in [-0.39, 0.29) is 5.56 Å². The molecule has 0 aromatic heterocycles. The van der Waals surface area contributed by atoms with E-state index in [1.807, 2.05) is 0 Å². The molecule has 1 unspecified atom stereocenters. The number of carboxylic acids is 1. The summed E-state index contributed by atoms with van der Waals surface area (Å²) in [6.45, 7) is -0.571. The number of hydrogen-bond donors (Lipinski definition) is 1. The van der Waals surface area contributed by atoms with E-state index >= 15 is 0 Å². The van der Waals surface area contributed by atoms with Gasteiger partial charge in [0.05, 0.1) is 5.56 Å². The highest BCUT2D eigenvalue weighted by Gasteiger charge is 2.50. The molecule has 1 aliphatic rings. The molecule has 0 spiro atoms. The van der Waals surface area contributed by atoms with E-state index in [9.17, 15) is 13.6 Å². The molecule has 80 valence electrons. The number of carbonyl (C=O) groups is 1. The Labute approximate surface area is 84.3 Å². The van der Waals surface area contributed by atoms with Crippen LogP contribution in [0.25, 0.3) is 0 Å². The van der Waals surface area contributed by atoms with Crippen LogP contribution in [0.1, 0.15) is 22.0 Å². The van der Waals surface area contributed by atoms with Gasteiger partial charge in [-0.3, -0.25) is 0 Å². The molecule has 1 N–H and O–H groups in total. The second-order valence-electron chi connectivity index (χ2n) is 3.38. The zero-order valence-electron chi connectivity index (χ0n) is 7.61. The predicted molar refractivity (Wildman–Crippen MR) is 47.0 cm³/mol. The van der Waals surface area contributed by atoms with Crippen LogP contribution in [-0.2, 0) is 4.74 Å². The summed E-state index contributed by atoms with van der Waals surface area (Å²) in [5, 5.41) is 8.61. The number of carboxylic acid groups (broad SMARTS) is 1. The van der Waals surface area contributed by atoms with Crippen LogP contribution in [0.2, 0.25) is 0 Å². The van der Waals surface area contributed by atoms with Crippen LogP contribution in [-0.4, -0.2) is 23.6 Å². The molecule has 0 saturated carbocycles. The number of aromatic carboxylic acids is 1. The number of rotatable bonds is 2. The Bertz CT molecular complexity index is 386. The Kier molecular flexibility index (Phi) is 2.19. The van der Waals surface area contributed by atoms with Crippen LogP contribution in [0.5, 0.6) is 0 Å². The van der Waals surface area contributed by atoms with Gasteiger partial charge in [0, 0.05) is 0 Å². The summed E-state index contributed by atoms with van der Waals surface area (Å²) in [5.41, 5.74) is 0.373. The summed E-state index contributed by atoms with van der Waals surface area (Å²) in [4.78, 5) is 10.5. The third-order valence-corrected chi connectivity index (χ3v) is 2.29. The number of halogens is 2. The molecule has 1 aromatic rings. The summed E-state index contributed by atoms with van der Waals surface area (Å²) >= 11 is 0. The van der Waals surface area contributed by atoms with Gasteiger partial charge >= 0.3 is 11.9 Å². The number of benzene rings is 1. The maximum Gasteiger partial charge on any atom is 0.335 e. The largest absolute Gasteiger partial charge is 0.478 e. The first-order valence-corrected chi connectivity index (χ1v) is 4.33. The average molecular weight is 214 g/mol. The van der Waals surface area contributed by atoms with Gasteiger partial charge in [-0.2, -0.15) is 0 Å². The monoisotopic (exact) mass is 214 g/mol. The molecular weight excluding hydrogens is 206 g/mol. The minimum atomic E-state index is -2.84.